The van der Waals surface area contributed by atoms with E-state index in [1.807, 2.05) is 36.4 Å². The summed E-state index contributed by atoms with van der Waals surface area (Å²) in [5.41, 5.74) is 5.47. The van der Waals surface area contributed by atoms with Gasteiger partial charge in [-0.1, -0.05) is 60.2 Å². The number of amides is 1. The number of nitrogens with one attached hydrogen (secondary N) is 1. The molecule has 0 radical (unpaired) electrons. The molecule has 0 atom stereocenters. The van der Waals surface area contributed by atoms with Crippen LogP contribution in [0.25, 0.3) is 0 Å². The number of hydrogen-bond acceptors (Lipinski definition) is 2. The zero-order chi connectivity index (χ0) is 19.1. The van der Waals surface area contributed by atoms with E-state index in [1.54, 1.807) is 7.11 Å². The van der Waals surface area contributed by atoms with Crippen molar-refractivity contribution in [1.82, 2.24) is 0 Å². The zero-order valence-electron chi connectivity index (χ0n) is 15.9. The van der Waals surface area contributed by atoms with Crippen molar-refractivity contribution in [2.24, 2.45) is 0 Å². The maximum Gasteiger partial charge on any atom is 0.224 e. The minimum absolute atomic E-state index is 0.0198. The van der Waals surface area contributed by atoms with Gasteiger partial charge in [0, 0.05) is 24.1 Å². The topological polar surface area (TPSA) is 38.3 Å². The van der Waals surface area contributed by atoms with Crippen LogP contribution in [0.4, 0.5) is 5.69 Å². The van der Waals surface area contributed by atoms with Crippen molar-refractivity contribution < 1.29 is 9.53 Å². The molecule has 1 N–H and O–H groups in total. The van der Waals surface area contributed by atoms with Gasteiger partial charge in [-0.25, -0.2) is 0 Å². The van der Waals surface area contributed by atoms with Crippen molar-refractivity contribution >= 4 is 11.6 Å². The second-order valence-electron chi connectivity index (χ2n) is 6.72. The van der Waals surface area contributed by atoms with E-state index in [9.17, 15) is 4.79 Å². The first-order valence-corrected chi connectivity index (χ1v) is 9.20. The summed E-state index contributed by atoms with van der Waals surface area (Å²) in [4.78, 5) is 12.3. The number of anilines is 1. The molecule has 0 spiro atoms. The van der Waals surface area contributed by atoms with Crippen molar-refractivity contribution in [2.45, 2.75) is 26.2 Å². The maximum absolute atomic E-state index is 12.3. The van der Waals surface area contributed by atoms with Crippen LogP contribution in [-0.2, 0) is 17.6 Å². The lowest BCUT2D eigenvalue weighted by Gasteiger charge is -2.12. The van der Waals surface area contributed by atoms with E-state index in [0.29, 0.717) is 6.42 Å². The van der Waals surface area contributed by atoms with Gasteiger partial charge >= 0.3 is 0 Å². The fraction of sp³-hybridized carbons (Fsp3) is 0.208. The van der Waals surface area contributed by atoms with Gasteiger partial charge in [0.15, 0.2) is 0 Å². The third kappa shape index (κ3) is 5.45. The Morgan fingerprint density at radius 3 is 2.37 bits per heavy atom. The summed E-state index contributed by atoms with van der Waals surface area (Å²) in [5, 5.41) is 3.01. The average molecular weight is 359 g/mol. The number of ether oxygens (including phenoxy) is 1. The Labute approximate surface area is 161 Å². The molecule has 0 aliphatic rings. The number of aryl methyl sites for hydroxylation is 2. The van der Waals surface area contributed by atoms with E-state index in [4.69, 9.17) is 4.74 Å². The summed E-state index contributed by atoms with van der Waals surface area (Å²) in [6, 6.07) is 24.3. The number of hydrogen-bond donors (Lipinski definition) is 1. The molecular formula is C24H25NO2. The van der Waals surface area contributed by atoms with Gasteiger partial charge in [0.05, 0.1) is 7.11 Å². The highest BCUT2D eigenvalue weighted by Crippen LogP contribution is 2.25. The van der Waals surface area contributed by atoms with Gasteiger partial charge in [0.2, 0.25) is 5.91 Å². The number of rotatable bonds is 7. The first-order valence-electron chi connectivity index (χ1n) is 9.20. The predicted molar refractivity (Wildman–Crippen MR) is 110 cm³/mol. The molecule has 0 saturated heterocycles. The lowest BCUT2D eigenvalue weighted by molar-refractivity contribution is -0.116. The molecule has 3 nitrogen and oxygen atoms in total. The van der Waals surface area contributed by atoms with Crippen LogP contribution in [0.15, 0.2) is 72.8 Å². The van der Waals surface area contributed by atoms with Gasteiger partial charge < -0.3 is 10.1 Å². The summed E-state index contributed by atoms with van der Waals surface area (Å²) in [7, 11) is 1.67. The largest absolute Gasteiger partial charge is 0.496 e. The first-order chi connectivity index (χ1) is 13.1. The van der Waals surface area contributed by atoms with Crippen molar-refractivity contribution in [1.29, 1.82) is 0 Å². The van der Waals surface area contributed by atoms with E-state index < -0.39 is 0 Å². The fourth-order valence-electron chi connectivity index (χ4n) is 3.05. The third-order valence-electron chi connectivity index (χ3n) is 4.56. The molecule has 3 aromatic carbocycles. The number of carbonyl (C=O) groups excluding carboxylic acids is 1. The minimum Gasteiger partial charge on any atom is -0.496 e. The third-order valence-corrected chi connectivity index (χ3v) is 4.56. The van der Waals surface area contributed by atoms with E-state index in [1.165, 1.54) is 16.7 Å². The highest BCUT2D eigenvalue weighted by Gasteiger charge is 2.08. The Morgan fingerprint density at radius 1 is 0.926 bits per heavy atom. The highest BCUT2D eigenvalue weighted by molar-refractivity contribution is 5.91. The second kappa shape index (κ2) is 9.04. The molecule has 3 heteroatoms. The molecule has 138 valence electrons. The van der Waals surface area contributed by atoms with Gasteiger partial charge in [-0.05, 0) is 42.7 Å². The quantitative estimate of drug-likeness (QED) is 0.632. The van der Waals surface area contributed by atoms with Crippen molar-refractivity contribution in [3.8, 4) is 5.75 Å². The monoisotopic (exact) mass is 359 g/mol. The van der Waals surface area contributed by atoms with Gasteiger partial charge in [0.1, 0.15) is 5.75 Å². The zero-order valence-corrected chi connectivity index (χ0v) is 15.9. The number of carbonyl (C=O) groups is 1. The van der Waals surface area contributed by atoms with Crippen LogP contribution in [0.5, 0.6) is 5.75 Å². The van der Waals surface area contributed by atoms with Crippen molar-refractivity contribution in [2.75, 3.05) is 12.4 Å². The summed E-state index contributed by atoms with van der Waals surface area (Å²) < 4.78 is 5.48. The molecule has 1 amide bonds. The molecule has 27 heavy (non-hydrogen) atoms. The Kier molecular flexibility index (Phi) is 6.26. The fourth-order valence-corrected chi connectivity index (χ4v) is 3.05. The smallest absolute Gasteiger partial charge is 0.224 e. The van der Waals surface area contributed by atoms with Gasteiger partial charge in [-0.2, -0.15) is 0 Å². The molecule has 0 heterocycles. The molecule has 0 fully saturated rings. The minimum atomic E-state index is 0.0198. The standard InChI is InChI=1S/C24H25NO2/c1-18-8-10-19(11-9-18)12-15-24(26)25-22-13-14-23(27-2)21(17-22)16-20-6-4-3-5-7-20/h3-11,13-14,17H,12,15-16H2,1-2H3,(H,25,26). The Morgan fingerprint density at radius 2 is 1.67 bits per heavy atom. The molecule has 0 saturated carbocycles. The van der Waals surface area contributed by atoms with E-state index in [2.05, 4.69) is 48.6 Å². The SMILES string of the molecule is COc1ccc(NC(=O)CCc2ccc(C)cc2)cc1Cc1ccccc1. The van der Waals surface area contributed by atoms with E-state index in [0.717, 1.165) is 29.8 Å². The number of methoxy groups -OCH3 is 1. The van der Waals surface area contributed by atoms with Crippen LogP contribution in [0.1, 0.15) is 28.7 Å². The molecule has 0 bridgehead atoms. The van der Waals surface area contributed by atoms with Crippen LogP contribution in [0, 0.1) is 6.92 Å². The normalized spacial score (nSPS) is 10.4. The van der Waals surface area contributed by atoms with Gasteiger partial charge in [-0.15, -0.1) is 0 Å². The maximum atomic E-state index is 12.3. The summed E-state index contributed by atoms with van der Waals surface area (Å²) in [5.74, 6) is 0.850. The Bertz CT molecular complexity index is 886. The van der Waals surface area contributed by atoms with Gasteiger partial charge in [0.25, 0.3) is 0 Å². The lowest BCUT2D eigenvalue weighted by atomic mass is 10.0. The van der Waals surface area contributed by atoms with Crippen molar-refractivity contribution in [3.05, 3.63) is 95.1 Å². The number of benzene rings is 3. The summed E-state index contributed by atoms with van der Waals surface area (Å²) in [6.45, 7) is 2.06. The second-order valence-corrected chi connectivity index (χ2v) is 6.72. The van der Waals surface area contributed by atoms with E-state index in [-0.39, 0.29) is 5.91 Å². The first kappa shape index (κ1) is 18.7. The van der Waals surface area contributed by atoms with Crippen LogP contribution in [0.2, 0.25) is 0 Å². The summed E-state index contributed by atoms with van der Waals surface area (Å²) in [6.07, 6.45) is 1.96. The molecule has 3 aromatic rings. The Balaban J connectivity index is 1.64. The molecule has 3 rings (SSSR count). The lowest BCUT2D eigenvalue weighted by Crippen LogP contribution is -2.12. The van der Waals surface area contributed by atoms with Gasteiger partial charge in [-0.3, -0.25) is 4.79 Å². The highest BCUT2D eigenvalue weighted by atomic mass is 16.5. The summed E-state index contributed by atoms with van der Waals surface area (Å²) >= 11 is 0. The van der Waals surface area contributed by atoms with Crippen LogP contribution in [-0.4, -0.2) is 13.0 Å². The van der Waals surface area contributed by atoms with E-state index >= 15 is 0 Å². The van der Waals surface area contributed by atoms with Crippen LogP contribution in [0.3, 0.4) is 0 Å². The predicted octanol–water partition coefficient (Wildman–Crippen LogP) is 5.17. The van der Waals surface area contributed by atoms with Crippen LogP contribution >= 0.6 is 0 Å². The van der Waals surface area contributed by atoms with Crippen LogP contribution < -0.4 is 10.1 Å². The molecule has 0 aliphatic heterocycles. The van der Waals surface area contributed by atoms with Crippen molar-refractivity contribution in [3.63, 3.8) is 0 Å². The average Bonchev–Trinajstić information content (AvgIpc) is 2.69. The Hall–Kier alpha value is -3.07. The molecule has 0 unspecified atom stereocenters. The molecule has 0 aliphatic carbocycles. The molecular weight excluding hydrogens is 334 g/mol. The molecule has 0 aromatic heterocycles.